The number of rotatable bonds is 0. The topological polar surface area (TPSA) is 43.8 Å². The number of nitrogen functional groups attached to an aromatic ring is 1. The lowest BCUT2D eigenvalue weighted by Crippen LogP contribution is -2.15. The van der Waals surface area contributed by atoms with Gasteiger partial charge in [-0.15, -0.1) is 13.2 Å². The number of pyridine rings is 1. The van der Waals surface area contributed by atoms with Gasteiger partial charge in [-0.1, -0.05) is 0 Å². The smallest absolute Gasteiger partial charge is 0.397 e. The molecule has 3 nitrogen and oxygen atoms in total. The third-order valence-corrected chi connectivity index (χ3v) is 1.82. The predicted octanol–water partition coefficient (Wildman–Crippen LogP) is 2.09. The molecule has 0 aliphatic heterocycles. The zero-order valence-electron chi connectivity index (χ0n) is 6.92. The normalized spacial score (nSPS) is 12.2. The number of halogens is 3. The van der Waals surface area contributed by atoms with Gasteiger partial charge < -0.3 is 5.73 Å². The van der Waals surface area contributed by atoms with Crippen molar-refractivity contribution in [3.63, 3.8) is 0 Å². The van der Waals surface area contributed by atoms with Gasteiger partial charge in [-0.3, -0.25) is 0 Å². The summed E-state index contributed by atoms with van der Waals surface area (Å²) in [4.78, 5) is 3.63. The highest BCUT2D eigenvalue weighted by atomic mass is 19.4. The highest BCUT2D eigenvalue weighted by Gasteiger charge is 2.31. The Kier molecular flexibility index (Phi) is 1.67. The first-order valence-electron chi connectivity index (χ1n) is 3.78. The van der Waals surface area contributed by atoms with Crippen LogP contribution in [0.25, 0.3) is 11.0 Å². The minimum absolute atomic E-state index is 0.133. The number of aromatic nitrogens is 2. The lowest BCUT2D eigenvalue weighted by atomic mass is 10.3. The lowest BCUT2D eigenvalue weighted by molar-refractivity contribution is -0.201. The van der Waals surface area contributed by atoms with Gasteiger partial charge >= 0.3 is 6.30 Å². The first-order chi connectivity index (χ1) is 6.48. The molecule has 0 amide bonds. The number of hydrogen-bond acceptors (Lipinski definition) is 2. The number of nitrogens with zero attached hydrogens (tertiary/aromatic N) is 2. The highest BCUT2D eigenvalue weighted by molar-refractivity contribution is 5.79. The zero-order valence-corrected chi connectivity index (χ0v) is 6.92. The minimum Gasteiger partial charge on any atom is -0.397 e. The molecule has 0 spiro atoms. The fourth-order valence-electron chi connectivity index (χ4n) is 1.25. The molecule has 0 saturated carbocycles. The van der Waals surface area contributed by atoms with Crippen LogP contribution in [-0.4, -0.2) is 9.55 Å². The van der Waals surface area contributed by atoms with E-state index in [9.17, 15) is 13.2 Å². The molecule has 74 valence electrons. The second kappa shape index (κ2) is 2.63. The number of nitrogens with two attached hydrogens (primary N) is 1. The molecule has 2 N–H and O–H groups in total. The van der Waals surface area contributed by atoms with E-state index in [4.69, 9.17) is 5.73 Å². The summed E-state index contributed by atoms with van der Waals surface area (Å²) in [5.41, 5.74) is 5.60. The van der Waals surface area contributed by atoms with E-state index in [1.54, 1.807) is 0 Å². The van der Waals surface area contributed by atoms with E-state index in [2.05, 4.69) is 4.98 Å². The van der Waals surface area contributed by atoms with Crippen LogP contribution >= 0.6 is 0 Å². The molecular weight excluding hydrogens is 195 g/mol. The van der Waals surface area contributed by atoms with Crippen LogP contribution in [0, 0.1) is 0 Å². The van der Waals surface area contributed by atoms with Crippen molar-refractivity contribution in [1.82, 2.24) is 9.55 Å². The summed E-state index contributed by atoms with van der Waals surface area (Å²) in [6.07, 6.45) is -2.31. The Hall–Kier alpha value is -1.72. The molecule has 0 aliphatic carbocycles. The molecule has 2 rings (SSSR count). The average molecular weight is 201 g/mol. The molecule has 2 aromatic rings. The van der Waals surface area contributed by atoms with E-state index in [0.29, 0.717) is 11.1 Å². The van der Waals surface area contributed by atoms with Gasteiger partial charge in [-0.25, -0.2) is 9.55 Å². The summed E-state index contributed by atoms with van der Waals surface area (Å²) in [5.74, 6) is 0. The molecule has 0 unspecified atom stereocenters. The molecule has 2 heterocycles. The van der Waals surface area contributed by atoms with Crippen LogP contribution in [0.4, 0.5) is 18.9 Å². The number of hydrogen-bond donors (Lipinski definition) is 1. The Balaban J connectivity index is 2.70. The van der Waals surface area contributed by atoms with Crippen molar-refractivity contribution in [3.8, 4) is 0 Å². The molecule has 0 saturated heterocycles. The van der Waals surface area contributed by atoms with Crippen molar-refractivity contribution >= 4 is 16.7 Å². The van der Waals surface area contributed by atoms with E-state index in [0.717, 1.165) is 6.20 Å². The quantitative estimate of drug-likeness (QED) is 0.709. The third-order valence-electron chi connectivity index (χ3n) is 1.82. The van der Waals surface area contributed by atoms with Crippen molar-refractivity contribution in [2.75, 3.05) is 5.73 Å². The summed E-state index contributed by atoms with van der Waals surface area (Å²) < 4.78 is 37.2. The van der Waals surface area contributed by atoms with E-state index in [1.165, 1.54) is 18.3 Å². The molecule has 0 atom stereocenters. The molecule has 2 aromatic heterocycles. The largest absolute Gasteiger partial charge is 0.490 e. The average Bonchev–Trinajstić information content (AvgIpc) is 2.45. The van der Waals surface area contributed by atoms with Crippen LogP contribution in [0.3, 0.4) is 0 Å². The second-order valence-electron chi connectivity index (χ2n) is 2.84. The van der Waals surface area contributed by atoms with Crippen molar-refractivity contribution in [1.29, 1.82) is 0 Å². The maximum Gasteiger partial charge on any atom is 0.490 e. The Morgan fingerprint density at radius 3 is 2.71 bits per heavy atom. The fraction of sp³-hybridized carbons (Fsp3) is 0.125. The van der Waals surface area contributed by atoms with Crippen molar-refractivity contribution in [2.24, 2.45) is 0 Å². The van der Waals surface area contributed by atoms with Gasteiger partial charge in [-0.05, 0) is 12.1 Å². The number of fused-ring (bicyclic) bond motifs is 1. The van der Waals surface area contributed by atoms with Gasteiger partial charge in [0.25, 0.3) is 0 Å². The van der Waals surface area contributed by atoms with Crippen LogP contribution in [0.2, 0.25) is 0 Å². The summed E-state index contributed by atoms with van der Waals surface area (Å²) in [5, 5.41) is 0.377. The van der Waals surface area contributed by atoms with Gasteiger partial charge in [-0.2, -0.15) is 0 Å². The van der Waals surface area contributed by atoms with Crippen LogP contribution in [0.1, 0.15) is 0 Å². The Morgan fingerprint density at radius 1 is 1.36 bits per heavy atom. The standard InChI is InChI=1S/C8H6F3N3/c9-8(10,11)14-2-1-5-3-6(12)4-13-7(5)14/h1-4H,12H2. The maximum absolute atomic E-state index is 12.3. The Labute approximate surface area is 77.0 Å². The third kappa shape index (κ3) is 1.28. The van der Waals surface area contributed by atoms with E-state index < -0.39 is 6.30 Å². The van der Waals surface area contributed by atoms with Crippen LogP contribution in [-0.2, 0) is 6.30 Å². The first-order valence-corrected chi connectivity index (χ1v) is 3.78. The van der Waals surface area contributed by atoms with Gasteiger partial charge in [0.15, 0.2) is 0 Å². The molecule has 0 aliphatic rings. The van der Waals surface area contributed by atoms with Crippen molar-refractivity contribution < 1.29 is 13.2 Å². The highest BCUT2D eigenvalue weighted by Crippen LogP contribution is 2.27. The predicted molar refractivity (Wildman–Crippen MR) is 45.4 cm³/mol. The molecule has 0 bridgehead atoms. The van der Waals surface area contributed by atoms with Crippen LogP contribution in [0.15, 0.2) is 24.5 Å². The summed E-state index contributed by atoms with van der Waals surface area (Å²) in [7, 11) is 0. The monoisotopic (exact) mass is 201 g/mol. The molecule has 0 fully saturated rings. The summed E-state index contributed by atoms with van der Waals surface area (Å²) in [6, 6.07) is 2.77. The van der Waals surface area contributed by atoms with E-state index in [1.807, 2.05) is 0 Å². The maximum atomic E-state index is 12.3. The van der Waals surface area contributed by atoms with E-state index >= 15 is 0 Å². The Bertz CT molecular complexity index is 472. The fourth-order valence-corrected chi connectivity index (χ4v) is 1.25. The van der Waals surface area contributed by atoms with Crippen LogP contribution in [0.5, 0.6) is 0 Å². The molecular formula is C8H6F3N3. The van der Waals surface area contributed by atoms with Gasteiger partial charge in [0.2, 0.25) is 0 Å². The van der Waals surface area contributed by atoms with Crippen molar-refractivity contribution in [2.45, 2.75) is 6.30 Å². The molecule has 0 aromatic carbocycles. The summed E-state index contributed by atoms with van der Waals surface area (Å²) in [6.45, 7) is 0. The van der Waals surface area contributed by atoms with Gasteiger partial charge in [0, 0.05) is 11.6 Å². The first kappa shape index (κ1) is 8.86. The lowest BCUT2D eigenvalue weighted by Gasteiger charge is -2.07. The zero-order chi connectivity index (χ0) is 10.3. The Morgan fingerprint density at radius 2 is 2.07 bits per heavy atom. The van der Waals surface area contributed by atoms with Crippen molar-refractivity contribution in [3.05, 3.63) is 24.5 Å². The molecule has 6 heteroatoms. The van der Waals surface area contributed by atoms with Crippen LogP contribution < -0.4 is 5.73 Å². The summed E-state index contributed by atoms with van der Waals surface area (Å²) >= 11 is 0. The van der Waals surface area contributed by atoms with Gasteiger partial charge in [0.1, 0.15) is 5.65 Å². The SMILES string of the molecule is Nc1cnc2c(ccn2C(F)(F)F)c1. The minimum atomic E-state index is -4.44. The van der Waals surface area contributed by atoms with E-state index in [-0.39, 0.29) is 10.2 Å². The molecule has 14 heavy (non-hydrogen) atoms. The second-order valence-corrected chi connectivity index (χ2v) is 2.84. The molecule has 0 radical (unpaired) electrons. The number of alkyl halides is 3. The van der Waals surface area contributed by atoms with Gasteiger partial charge in [0.05, 0.1) is 11.9 Å². The number of anilines is 1.